The highest BCUT2D eigenvalue weighted by atomic mass is 32.2. The summed E-state index contributed by atoms with van der Waals surface area (Å²) in [5.41, 5.74) is 3.60. The largest absolute Gasteiger partial charge is 0.486 e. The van der Waals surface area contributed by atoms with Crippen LogP contribution >= 0.6 is 23.7 Å². The van der Waals surface area contributed by atoms with Crippen molar-refractivity contribution in [1.29, 1.82) is 0 Å². The number of ether oxygens (including phenoxy) is 2. The lowest BCUT2D eigenvalue weighted by Gasteiger charge is -2.45. The molecule has 0 amide bonds. The normalized spacial score (nSPS) is 19.1. The molecular formula is C28H32N6O2S2. The molecule has 2 atom stereocenters. The first-order valence-electron chi connectivity index (χ1n) is 12.8. The van der Waals surface area contributed by atoms with Crippen LogP contribution in [0.25, 0.3) is 22.4 Å². The van der Waals surface area contributed by atoms with Crippen LogP contribution < -0.4 is 15.0 Å². The highest BCUT2D eigenvalue weighted by Gasteiger charge is 2.40. The lowest BCUT2D eigenvalue weighted by Crippen LogP contribution is -2.56. The van der Waals surface area contributed by atoms with Crippen molar-refractivity contribution < 1.29 is 9.47 Å². The van der Waals surface area contributed by atoms with Crippen LogP contribution in [0.3, 0.4) is 0 Å². The topological polar surface area (TPSA) is 77.3 Å². The summed E-state index contributed by atoms with van der Waals surface area (Å²) in [6.07, 6.45) is 6.05. The van der Waals surface area contributed by atoms with Gasteiger partial charge in [-0.15, -0.1) is 0 Å². The van der Waals surface area contributed by atoms with E-state index in [0.717, 1.165) is 44.4 Å². The fourth-order valence-electron chi connectivity index (χ4n) is 5.11. The van der Waals surface area contributed by atoms with Crippen molar-refractivity contribution in [2.75, 3.05) is 43.3 Å². The van der Waals surface area contributed by atoms with Crippen LogP contribution in [0.2, 0.25) is 0 Å². The van der Waals surface area contributed by atoms with Crippen LogP contribution in [0.5, 0.6) is 5.75 Å². The molecule has 10 heteroatoms. The number of anilines is 2. The van der Waals surface area contributed by atoms with Gasteiger partial charge in [0.1, 0.15) is 12.3 Å². The van der Waals surface area contributed by atoms with E-state index in [-0.39, 0.29) is 16.8 Å². The Hall–Kier alpha value is -2.95. The van der Waals surface area contributed by atoms with Gasteiger partial charge in [0.05, 0.1) is 47.5 Å². The van der Waals surface area contributed by atoms with Gasteiger partial charge in [0, 0.05) is 23.5 Å². The van der Waals surface area contributed by atoms with Gasteiger partial charge < -0.3 is 19.7 Å². The number of fused-ring (bicyclic) bond motifs is 4. The van der Waals surface area contributed by atoms with E-state index >= 15 is 0 Å². The Morgan fingerprint density at radius 3 is 2.66 bits per heavy atom. The highest BCUT2D eigenvalue weighted by molar-refractivity contribution is 7.99. The average molecular weight is 549 g/mol. The number of nitrogens with zero attached hydrogens (tertiary/aromatic N) is 5. The second-order valence-corrected chi connectivity index (χ2v) is 12.6. The number of thioether (sulfide) groups is 1. The number of aromatic nitrogens is 4. The molecule has 4 aromatic rings. The summed E-state index contributed by atoms with van der Waals surface area (Å²) in [4.78, 5) is 18.8. The molecular weight excluding hydrogens is 516 g/mol. The maximum Gasteiger partial charge on any atom is 0.184 e. The van der Waals surface area contributed by atoms with Crippen LogP contribution in [0.1, 0.15) is 26.5 Å². The number of rotatable bonds is 6. The van der Waals surface area contributed by atoms with Gasteiger partial charge >= 0.3 is 0 Å². The molecule has 0 spiro atoms. The molecule has 0 saturated carbocycles. The predicted octanol–water partition coefficient (Wildman–Crippen LogP) is 5.67. The van der Waals surface area contributed by atoms with E-state index in [1.807, 2.05) is 31.4 Å². The third kappa shape index (κ3) is 4.28. The third-order valence-corrected chi connectivity index (χ3v) is 9.44. The molecule has 1 saturated heterocycles. The van der Waals surface area contributed by atoms with Crippen molar-refractivity contribution >= 4 is 46.2 Å². The standard InChI is InChI=1S/C28H32N6O2S2/c1-17-14-35-15-18-16-36-23-24(28(2,3)37-5)31-25(32-27(23)34(17)18)22-20-11-12-33(26(20)30-13-21(22)29-4)38-19-9-7-6-8-10-19/h6-13,17-18,29H,14-16H2,1-5H3/t17-,18+/m1/s1. The summed E-state index contributed by atoms with van der Waals surface area (Å²) in [6, 6.07) is 12.7. The molecule has 2 aliphatic heterocycles. The fourth-order valence-corrected chi connectivity index (χ4v) is 6.30. The molecule has 0 radical (unpaired) electrons. The van der Waals surface area contributed by atoms with Gasteiger partial charge in [0.25, 0.3) is 0 Å². The Morgan fingerprint density at radius 1 is 1.08 bits per heavy atom. The zero-order chi connectivity index (χ0) is 26.4. The summed E-state index contributed by atoms with van der Waals surface area (Å²) < 4.78 is 14.1. The summed E-state index contributed by atoms with van der Waals surface area (Å²) in [5.74, 6) is 2.30. The monoisotopic (exact) mass is 548 g/mol. The molecule has 0 bridgehead atoms. The third-order valence-electron chi connectivity index (χ3n) is 7.25. The van der Waals surface area contributed by atoms with Gasteiger partial charge in [-0.1, -0.05) is 18.2 Å². The van der Waals surface area contributed by atoms with E-state index in [2.05, 4.69) is 65.6 Å². The number of hydrogen-bond acceptors (Lipinski definition) is 9. The molecule has 6 rings (SSSR count). The van der Waals surface area contributed by atoms with Crippen LogP contribution in [0.4, 0.5) is 11.5 Å². The quantitative estimate of drug-likeness (QED) is 0.328. The van der Waals surface area contributed by atoms with E-state index in [1.54, 1.807) is 23.7 Å². The zero-order valence-electron chi connectivity index (χ0n) is 22.3. The molecule has 0 unspecified atom stereocenters. The predicted molar refractivity (Wildman–Crippen MR) is 157 cm³/mol. The van der Waals surface area contributed by atoms with Crippen molar-refractivity contribution in [3.63, 3.8) is 0 Å². The molecule has 3 aromatic heterocycles. The second-order valence-electron chi connectivity index (χ2n) is 10.1. The van der Waals surface area contributed by atoms with E-state index in [4.69, 9.17) is 24.4 Å². The Bertz CT molecular complexity index is 1480. The Labute approximate surface area is 231 Å². The number of pyridine rings is 1. The van der Waals surface area contributed by atoms with Gasteiger partial charge in [-0.25, -0.2) is 15.0 Å². The van der Waals surface area contributed by atoms with Crippen LogP contribution in [0, 0.1) is 0 Å². The van der Waals surface area contributed by atoms with Crippen LogP contribution in [-0.2, 0) is 9.48 Å². The molecule has 8 nitrogen and oxygen atoms in total. The Balaban J connectivity index is 1.56. The second kappa shape index (κ2) is 9.98. The first-order valence-corrected chi connectivity index (χ1v) is 14.8. The molecule has 38 heavy (non-hydrogen) atoms. The smallest absolute Gasteiger partial charge is 0.184 e. The molecule has 0 aliphatic carbocycles. The van der Waals surface area contributed by atoms with Crippen LogP contribution in [-0.4, -0.2) is 64.1 Å². The summed E-state index contributed by atoms with van der Waals surface area (Å²) in [6.45, 7) is 8.43. The van der Waals surface area contributed by atoms with Crippen molar-refractivity contribution in [1.82, 2.24) is 18.9 Å². The Morgan fingerprint density at radius 2 is 1.89 bits per heavy atom. The maximum absolute atomic E-state index is 6.37. The van der Waals surface area contributed by atoms with Gasteiger partial charge in [0.15, 0.2) is 23.0 Å². The zero-order valence-corrected chi connectivity index (χ0v) is 23.9. The number of hydrogen-bond donors (Lipinski definition) is 1. The maximum atomic E-state index is 6.37. The minimum atomic E-state index is -0.273. The SMILES string of the molecule is CNc1cnc2c(ccn2Sc2ccccc2)c1-c1nc2c(c(C(C)(C)SC)n1)OC[C@@H]1COC[C@@H](C)N21. The molecule has 198 valence electrons. The van der Waals surface area contributed by atoms with E-state index in [9.17, 15) is 0 Å². The van der Waals surface area contributed by atoms with Crippen molar-refractivity contribution in [2.45, 2.75) is 42.5 Å². The van der Waals surface area contributed by atoms with Crippen molar-refractivity contribution in [3.05, 3.63) is 54.5 Å². The molecule has 1 N–H and O–H groups in total. The first kappa shape index (κ1) is 25.3. The molecule has 1 aromatic carbocycles. The average Bonchev–Trinajstić information content (AvgIpc) is 3.34. The van der Waals surface area contributed by atoms with Gasteiger partial charge in [0.2, 0.25) is 0 Å². The Kier molecular flexibility index (Phi) is 6.65. The number of morpholine rings is 1. The minimum absolute atomic E-state index is 0.129. The number of benzene rings is 1. The van der Waals surface area contributed by atoms with E-state index in [0.29, 0.717) is 25.6 Å². The van der Waals surface area contributed by atoms with Gasteiger partial charge in [-0.05, 0) is 57.2 Å². The molecule has 1 fully saturated rings. The summed E-state index contributed by atoms with van der Waals surface area (Å²) in [7, 11) is 1.91. The highest BCUT2D eigenvalue weighted by Crippen LogP contribution is 2.47. The fraction of sp³-hybridized carbons (Fsp3) is 0.393. The van der Waals surface area contributed by atoms with E-state index in [1.165, 1.54) is 0 Å². The first-order chi connectivity index (χ1) is 18.4. The molecule has 2 aliphatic rings. The van der Waals surface area contributed by atoms with E-state index < -0.39 is 0 Å². The van der Waals surface area contributed by atoms with Crippen molar-refractivity contribution in [3.8, 4) is 17.1 Å². The van der Waals surface area contributed by atoms with Gasteiger partial charge in [-0.3, -0.25) is 3.97 Å². The summed E-state index contributed by atoms with van der Waals surface area (Å²) >= 11 is 3.39. The lowest BCUT2D eigenvalue weighted by molar-refractivity contribution is 0.0482. The molecule has 5 heterocycles. The summed E-state index contributed by atoms with van der Waals surface area (Å²) in [5, 5.41) is 4.33. The van der Waals surface area contributed by atoms with Gasteiger partial charge in [-0.2, -0.15) is 11.8 Å². The van der Waals surface area contributed by atoms with Crippen molar-refractivity contribution in [2.24, 2.45) is 0 Å². The number of nitrogens with one attached hydrogen (secondary N) is 1. The minimum Gasteiger partial charge on any atom is -0.486 e. The lowest BCUT2D eigenvalue weighted by atomic mass is 10.0. The van der Waals surface area contributed by atoms with Crippen LogP contribution in [0.15, 0.2) is 53.7 Å².